The zero-order chi connectivity index (χ0) is 22.8. The maximum atomic E-state index is 13.8. The Bertz CT molecular complexity index is 940. The normalized spacial score (nSPS) is 25.9. The zero-order valence-electron chi connectivity index (χ0n) is 19.1. The molecule has 3 atom stereocenters. The minimum absolute atomic E-state index is 0.0784. The lowest BCUT2D eigenvalue weighted by molar-refractivity contribution is -0.160. The maximum absolute atomic E-state index is 13.8. The average Bonchev–Trinajstić information content (AvgIpc) is 2.78. The van der Waals surface area contributed by atoms with Crippen molar-refractivity contribution in [3.8, 4) is 0 Å². The van der Waals surface area contributed by atoms with E-state index in [1.54, 1.807) is 13.8 Å². The average molecular weight is 425 g/mol. The van der Waals surface area contributed by atoms with Crippen LogP contribution >= 0.6 is 0 Å². The van der Waals surface area contributed by atoms with Crippen LogP contribution in [-0.4, -0.2) is 30.9 Å². The van der Waals surface area contributed by atoms with Gasteiger partial charge in [0.1, 0.15) is 0 Å². The van der Waals surface area contributed by atoms with Crippen LogP contribution in [-0.2, 0) is 29.3 Å². The van der Waals surface area contributed by atoms with Gasteiger partial charge in [0.05, 0.1) is 30.5 Å². The smallest absolute Gasteiger partial charge is 0.310 e. The molecule has 0 heterocycles. The van der Waals surface area contributed by atoms with Gasteiger partial charge in [-0.05, 0) is 69.2 Å². The number of allylic oxidation sites excluding steroid dienone is 4. The van der Waals surface area contributed by atoms with Crippen LogP contribution < -0.4 is 0 Å². The molecular formula is C26H32O5. The summed E-state index contributed by atoms with van der Waals surface area (Å²) in [5.74, 6) is -1.95. The van der Waals surface area contributed by atoms with Gasteiger partial charge in [-0.2, -0.15) is 0 Å². The fraction of sp³-hybridized carbons (Fsp3) is 0.500. The maximum Gasteiger partial charge on any atom is 0.310 e. The third-order valence-corrected chi connectivity index (χ3v) is 6.95. The quantitative estimate of drug-likeness (QED) is 0.619. The summed E-state index contributed by atoms with van der Waals surface area (Å²) in [7, 11) is 0. The monoisotopic (exact) mass is 424 g/mol. The van der Waals surface area contributed by atoms with Gasteiger partial charge in [-0.15, -0.1) is 0 Å². The van der Waals surface area contributed by atoms with Gasteiger partial charge in [0.25, 0.3) is 0 Å². The van der Waals surface area contributed by atoms with E-state index in [-0.39, 0.29) is 25.0 Å². The van der Waals surface area contributed by atoms with E-state index in [4.69, 9.17) is 9.47 Å². The number of rotatable bonds is 6. The Morgan fingerprint density at radius 1 is 0.903 bits per heavy atom. The van der Waals surface area contributed by atoms with Crippen molar-refractivity contribution in [3.05, 3.63) is 58.2 Å². The van der Waals surface area contributed by atoms with Crippen molar-refractivity contribution < 1.29 is 23.9 Å². The Kier molecular flexibility index (Phi) is 6.83. The molecule has 3 rings (SSSR count). The van der Waals surface area contributed by atoms with Gasteiger partial charge in [0.2, 0.25) is 0 Å². The van der Waals surface area contributed by atoms with Crippen LogP contribution in [0.25, 0.3) is 0 Å². The molecule has 2 aliphatic rings. The molecule has 1 aromatic rings. The molecule has 1 saturated carbocycles. The van der Waals surface area contributed by atoms with E-state index in [2.05, 4.69) is 0 Å². The molecule has 0 N–H and O–H groups in total. The molecule has 0 aliphatic heterocycles. The molecule has 0 bridgehead atoms. The van der Waals surface area contributed by atoms with Crippen molar-refractivity contribution in [2.75, 3.05) is 13.2 Å². The highest BCUT2D eigenvalue weighted by Crippen LogP contribution is 2.51. The first kappa shape index (κ1) is 23.0. The standard InChI is InChI=1S/C26H32O5/c1-6-26(18-12-10-9-11-13-18)17(5)20-15-22(25(29)31-8-3)21(24(28)30-7-2)14-19(20)16(4)23(26)27/h9-13,21-22H,6-8,14-15H2,1-5H3. The minimum atomic E-state index is -0.750. The number of ether oxygens (including phenoxy) is 2. The number of fused-ring (bicyclic) bond motifs is 1. The number of benzene rings is 1. The first-order chi connectivity index (χ1) is 14.8. The highest BCUT2D eigenvalue weighted by Gasteiger charge is 2.50. The van der Waals surface area contributed by atoms with Gasteiger partial charge < -0.3 is 9.47 Å². The second-order valence-corrected chi connectivity index (χ2v) is 8.29. The van der Waals surface area contributed by atoms with Crippen LogP contribution in [0, 0.1) is 11.8 Å². The van der Waals surface area contributed by atoms with Gasteiger partial charge in [-0.25, -0.2) is 0 Å². The number of ketones is 1. The number of hydrogen-bond donors (Lipinski definition) is 0. The Morgan fingerprint density at radius 3 is 1.90 bits per heavy atom. The first-order valence-electron chi connectivity index (χ1n) is 11.2. The fourth-order valence-corrected chi connectivity index (χ4v) is 5.31. The van der Waals surface area contributed by atoms with Crippen molar-refractivity contribution in [1.82, 2.24) is 0 Å². The molecule has 0 amide bonds. The lowest BCUT2D eigenvalue weighted by atomic mass is 9.58. The summed E-state index contributed by atoms with van der Waals surface area (Å²) in [6, 6.07) is 9.84. The molecule has 0 saturated heterocycles. The van der Waals surface area contributed by atoms with Gasteiger partial charge in [0.15, 0.2) is 5.78 Å². The van der Waals surface area contributed by atoms with Gasteiger partial charge in [-0.3, -0.25) is 14.4 Å². The molecule has 0 radical (unpaired) electrons. The Labute approximate surface area is 184 Å². The largest absolute Gasteiger partial charge is 0.466 e. The summed E-state index contributed by atoms with van der Waals surface area (Å²) in [4.78, 5) is 39.3. The predicted octanol–water partition coefficient (Wildman–Crippen LogP) is 4.70. The molecule has 1 fully saturated rings. The fourth-order valence-electron chi connectivity index (χ4n) is 5.31. The molecule has 31 heavy (non-hydrogen) atoms. The summed E-state index contributed by atoms with van der Waals surface area (Å²) in [6.45, 7) is 9.90. The Hall–Kier alpha value is -2.69. The summed E-state index contributed by atoms with van der Waals surface area (Å²) < 4.78 is 10.6. The second kappa shape index (κ2) is 9.21. The lowest BCUT2D eigenvalue weighted by Gasteiger charge is -2.43. The molecule has 1 aromatic carbocycles. The number of hydrogen-bond acceptors (Lipinski definition) is 5. The van der Waals surface area contributed by atoms with Crippen LogP contribution in [0.5, 0.6) is 0 Å². The third-order valence-electron chi connectivity index (χ3n) is 6.95. The molecule has 2 aliphatic carbocycles. The van der Waals surface area contributed by atoms with Crippen LogP contribution in [0.1, 0.15) is 59.4 Å². The third kappa shape index (κ3) is 3.75. The van der Waals surface area contributed by atoms with E-state index in [0.717, 1.165) is 22.3 Å². The van der Waals surface area contributed by atoms with E-state index in [9.17, 15) is 14.4 Å². The van der Waals surface area contributed by atoms with Crippen LogP contribution in [0.15, 0.2) is 52.6 Å². The predicted molar refractivity (Wildman–Crippen MR) is 118 cm³/mol. The molecule has 0 aromatic heterocycles. The van der Waals surface area contributed by atoms with E-state index >= 15 is 0 Å². The lowest BCUT2D eigenvalue weighted by Crippen LogP contribution is -2.44. The molecule has 5 heteroatoms. The molecular weight excluding hydrogens is 392 g/mol. The molecule has 5 nitrogen and oxygen atoms in total. The Balaban J connectivity index is 2.15. The SMILES string of the molecule is CCOC(=O)C1CC2=C(C)C(=O)C(CC)(c3ccccc3)C(C)=C2CC1C(=O)OCC. The van der Waals surface area contributed by atoms with Crippen LogP contribution in [0.2, 0.25) is 0 Å². The highest BCUT2D eigenvalue weighted by molar-refractivity contribution is 6.08. The van der Waals surface area contributed by atoms with Gasteiger partial charge >= 0.3 is 11.9 Å². The zero-order valence-corrected chi connectivity index (χ0v) is 19.1. The van der Waals surface area contributed by atoms with Gasteiger partial charge in [-0.1, -0.05) is 42.8 Å². The number of carbonyl (C=O) groups is 3. The first-order valence-corrected chi connectivity index (χ1v) is 11.2. The highest BCUT2D eigenvalue weighted by atomic mass is 16.5. The number of carbonyl (C=O) groups excluding carboxylic acids is 3. The molecule has 0 spiro atoms. The van der Waals surface area contributed by atoms with E-state index < -0.39 is 23.2 Å². The van der Waals surface area contributed by atoms with Crippen molar-refractivity contribution in [2.45, 2.75) is 59.3 Å². The van der Waals surface area contributed by atoms with Crippen molar-refractivity contribution in [3.63, 3.8) is 0 Å². The van der Waals surface area contributed by atoms with E-state index in [1.165, 1.54) is 0 Å². The van der Waals surface area contributed by atoms with Crippen LogP contribution in [0.4, 0.5) is 0 Å². The summed E-state index contributed by atoms with van der Waals surface area (Å²) in [5, 5.41) is 0. The van der Waals surface area contributed by atoms with E-state index in [1.807, 2.05) is 51.1 Å². The van der Waals surface area contributed by atoms with E-state index in [0.29, 0.717) is 24.8 Å². The summed E-state index contributed by atoms with van der Waals surface area (Å²) in [5.41, 5.74) is 3.78. The Morgan fingerprint density at radius 2 is 1.42 bits per heavy atom. The number of Topliss-reactive ketones (excluding diaryl/α,β-unsaturated/α-hetero) is 1. The van der Waals surface area contributed by atoms with Crippen molar-refractivity contribution in [1.29, 1.82) is 0 Å². The van der Waals surface area contributed by atoms with Crippen molar-refractivity contribution in [2.24, 2.45) is 11.8 Å². The van der Waals surface area contributed by atoms with Gasteiger partial charge in [0, 0.05) is 0 Å². The minimum Gasteiger partial charge on any atom is -0.466 e. The number of esters is 2. The second-order valence-electron chi connectivity index (χ2n) is 8.29. The summed E-state index contributed by atoms with van der Waals surface area (Å²) >= 11 is 0. The summed E-state index contributed by atoms with van der Waals surface area (Å²) in [6.07, 6.45) is 1.32. The van der Waals surface area contributed by atoms with Crippen molar-refractivity contribution >= 4 is 17.7 Å². The van der Waals surface area contributed by atoms with Crippen LogP contribution in [0.3, 0.4) is 0 Å². The molecule has 166 valence electrons. The topological polar surface area (TPSA) is 69.7 Å². The molecule has 3 unspecified atom stereocenters.